The van der Waals surface area contributed by atoms with Gasteiger partial charge >= 0.3 is 6.18 Å². The summed E-state index contributed by atoms with van der Waals surface area (Å²) < 4.78 is 38.6. The quantitative estimate of drug-likeness (QED) is 0.744. The molecule has 3 unspecified atom stereocenters. The standard InChI is InChI=1S/C22H26F3N5O2/c1-13(14-4-6-15(7-5-14)22(23,24)25)30-19-9-8-18(21(30)32)29(19)12-17(27)20(31)28-10-2-3-16(28)11-26/h4-7,13,16-19H,2-3,8-10,12,27H2,1H3/t13-,16?,17-,18?,19?/m0/s1. The van der Waals surface area contributed by atoms with E-state index in [0.717, 1.165) is 18.6 Å². The summed E-state index contributed by atoms with van der Waals surface area (Å²) in [4.78, 5) is 31.0. The van der Waals surface area contributed by atoms with Crippen molar-refractivity contribution in [3.63, 3.8) is 0 Å². The van der Waals surface area contributed by atoms with Gasteiger partial charge in [0.2, 0.25) is 11.8 Å². The van der Waals surface area contributed by atoms with Crippen molar-refractivity contribution in [2.75, 3.05) is 13.1 Å². The number of carbonyl (C=O) groups excluding carboxylic acids is 2. The van der Waals surface area contributed by atoms with Gasteiger partial charge in [-0.1, -0.05) is 12.1 Å². The number of amides is 2. The highest BCUT2D eigenvalue weighted by Crippen LogP contribution is 2.41. The number of halogens is 3. The van der Waals surface area contributed by atoms with E-state index in [4.69, 9.17) is 5.73 Å². The first-order valence-electron chi connectivity index (χ1n) is 10.8. The first-order valence-corrected chi connectivity index (χ1v) is 10.8. The van der Waals surface area contributed by atoms with E-state index >= 15 is 0 Å². The average Bonchev–Trinajstić information content (AvgIpc) is 3.45. The third kappa shape index (κ3) is 3.84. The minimum atomic E-state index is -4.41. The second kappa shape index (κ2) is 8.37. The fourth-order valence-electron chi connectivity index (χ4n) is 5.22. The van der Waals surface area contributed by atoms with Gasteiger partial charge in [0.25, 0.3) is 0 Å². The summed E-state index contributed by atoms with van der Waals surface area (Å²) in [5.74, 6) is -0.375. The van der Waals surface area contributed by atoms with Gasteiger partial charge in [0, 0.05) is 13.1 Å². The molecule has 1 aromatic rings. The summed E-state index contributed by atoms with van der Waals surface area (Å²) in [6.07, 6.45) is -1.89. The molecule has 0 spiro atoms. The summed E-state index contributed by atoms with van der Waals surface area (Å²) in [7, 11) is 0. The number of likely N-dealkylation sites (tertiary alicyclic amines) is 2. The number of fused-ring (bicyclic) bond motifs is 2. The number of hydrogen-bond donors (Lipinski definition) is 1. The van der Waals surface area contributed by atoms with Crippen LogP contribution in [0.2, 0.25) is 0 Å². The molecule has 2 bridgehead atoms. The summed E-state index contributed by atoms with van der Waals surface area (Å²) in [5.41, 5.74) is 6.09. The Labute approximate surface area is 184 Å². The molecule has 10 heteroatoms. The van der Waals surface area contributed by atoms with Crippen molar-refractivity contribution in [3.05, 3.63) is 35.4 Å². The second-order valence-electron chi connectivity index (χ2n) is 8.74. The highest BCUT2D eigenvalue weighted by atomic mass is 19.4. The lowest BCUT2D eigenvalue weighted by Gasteiger charge is -2.34. The number of alkyl halides is 3. The predicted octanol–water partition coefficient (Wildman–Crippen LogP) is 2.24. The number of hydrogen-bond acceptors (Lipinski definition) is 5. The molecule has 2 N–H and O–H groups in total. The molecule has 32 heavy (non-hydrogen) atoms. The lowest BCUT2D eigenvalue weighted by atomic mass is 10.0. The van der Waals surface area contributed by atoms with Crippen LogP contribution in [-0.2, 0) is 15.8 Å². The second-order valence-corrected chi connectivity index (χ2v) is 8.74. The number of benzene rings is 1. The lowest BCUT2D eigenvalue weighted by Crippen LogP contribution is -2.52. The number of nitriles is 1. The number of nitrogens with zero attached hydrogens (tertiary/aromatic N) is 4. The summed E-state index contributed by atoms with van der Waals surface area (Å²) in [6.45, 7) is 2.50. The van der Waals surface area contributed by atoms with Gasteiger partial charge in [-0.25, -0.2) is 0 Å². The Bertz CT molecular complexity index is 929. The largest absolute Gasteiger partial charge is 0.416 e. The molecule has 3 saturated heterocycles. The molecule has 1 aromatic carbocycles. The molecule has 7 nitrogen and oxygen atoms in total. The average molecular weight is 449 g/mol. The smallest absolute Gasteiger partial charge is 0.325 e. The summed E-state index contributed by atoms with van der Waals surface area (Å²) in [6, 6.07) is 4.90. The van der Waals surface area contributed by atoms with E-state index in [0.29, 0.717) is 31.4 Å². The molecule has 3 aliphatic heterocycles. The lowest BCUT2D eigenvalue weighted by molar-refractivity contribution is -0.138. The maximum atomic E-state index is 13.0. The van der Waals surface area contributed by atoms with E-state index in [1.54, 1.807) is 11.8 Å². The first kappa shape index (κ1) is 22.6. The van der Waals surface area contributed by atoms with Crippen molar-refractivity contribution in [2.45, 2.75) is 69.1 Å². The zero-order valence-electron chi connectivity index (χ0n) is 17.8. The molecule has 4 rings (SSSR count). The molecule has 3 heterocycles. The molecule has 3 aliphatic rings. The predicted molar refractivity (Wildman–Crippen MR) is 109 cm³/mol. The van der Waals surface area contributed by atoms with Crippen LogP contribution in [0.15, 0.2) is 24.3 Å². The molecule has 172 valence electrons. The van der Waals surface area contributed by atoms with Crippen LogP contribution < -0.4 is 5.73 Å². The van der Waals surface area contributed by atoms with Crippen LogP contribution in [0.5, 0.6) is 0 Å². The third-order valence-corrected chi connectivity index (χ3v) is 6.89. The van der Waals surface area contributed by atoms with Crippen molar-refractivity contribution in [2.24, 2.45) is 5.73 Å². The van der Waals surface area contributed by atoms with E-state index in [-0.39, 0.29) is 30.6 Å². The highest BCUT2D eigenvalue weighted by Gasteiger charge is 2.53. The Balaban J connectivity index is 1.46. The van der Waals surface area contributed by atoms with Crippen LogP contribution in [0.4, 0.5) is 13.2 Å². The summed E-state index contributed by atoms with van der Waals surface area (Å²) >= 11 is 0. The molecule has 0 aromatic heterocycles. The number of nitrogens with two attached hydrogens (primary N) is 1. The fraction of sp³-hybridized carbons (Fsp3) is 0.591. The van der Waals surface area contributed by atoms with Crippen LogP contribution in [-0.4, -0.2) is 63.9 Å². The topological polar surface area (TPSA) is 93.7 Å². The van der Waals surface area contributed by atoms with Gasteiger partial charge in [-0.2, -0.15) is 18.4 Å². The van der Waals surface area contributed by atoms with Crippen molar-refractivity contribution in [1.29, 1.82) is 5.26 Å². The monoisotopic (exact) mass is 449 g/mol. The molecular formula is C22H26F3N5O2. The molecule has 0 radical (unpaired) electrons. The van der Waals surface area contributed by atoms with E-state index in [1.807, 2.05) is 4.90 Å². The number of piperidine rings is 1. The van der Waals surface area contributed by atoms with Crippen molar-refractivity contribution < 1.29 is 22.8 Å². The first-order chi connectivity index (χ1) is 15.1. The molecular weight excluding hydrogens is 423 g/mol. The minimum absolute atomic E-state index is 0.0932. The van der Waals surface area contributed by atoms with Gasteiger partial charge in [0.15, 0.2) is 0 Å². The van der Waals surface area contributed by atoms with E-state index in [1.165, 1.54) is 17.0 Å². The number of rotatable bonds is 5. The van der Waals surface area contributed by atoms with Crippen molar-refractivity contribution in [3.8, 4) is 6.07 Å². The van der Waals surface area contributed by atoms with Gasteiger partial charge in [0.1, 0.15) is 6.04 Å². The molecule has 5 atom stereocenters. The van der Waals surface area contributed by atoms with Crippen LogP contribution in [0, 0.1) is 11.3 Å². The van der Waals surface area contributed by atoms with Crippen LogP contribution in [0.25, 0.3) is 0 Å². The maximum Gasteiger partial charge on any atom is 0.416 e. The van der Waals surface area contributed by atoms with E-state index in [2.05, 4.69) is 6.07 Å². The Morgan fingerprint density at radius 3 is 2.56 bits per heavy atom. The minimum Gasteiger partial charge on any atom is -0.325 e. The molecule has 0 aliphatic carbocycles. The van der Waals surface area contributed by atoms with Gasteiger partial charge in [-0.15, -0.1) is 0 Å². The molecule has 0 saturated carbocycles. The molecule has 3 fully saturated rings. The molecule has 2 amide bonds. The van der Waals surface area contributed by atoms with Gasteiger partial charge in [-0.05, 0) is 50.3 Å². The SMILES string of the molecule is C[C@@H](c1ccc(C(F)(F)F)cc1)N1C(=O)C2CCC1N2C[C@H](N)C(=O)N1CCCC1C#N. The summed E-state index contributed by atoms with van der Waals surface area (Å²) in [5, 5.41) is 9.24. The Morgan fingerprint density at radius 1 is 1.25 bits per heavy atom. The Hall–Kier alpha value is -2.64. The van der Waals surface area contributed by atoms with Crippen molar-refractivity contribution in [1.82, 2.24) is 14.7 Å². The van der Waals surface area contributed by atoms with Crippen LogP contribution in [0.1, 0.15) is 49.8 Å². The zero-order chi connectivity index (χ0) is 23.2. The van der Waals surface area contributed by atoms with E-state index in [9.17, 15) is 28.0 Å². The van der Waals surface area contributed by atoms with Crippen LogP contribution in [0.3, 0.4) is 0 Å². The van der Waals surface area contributed by atoms with Crippen molar-refractivity contribution >= 4 is 11.8 Å². The normalized spacial score (nSPS) is 27.6. The third-order valence-electron chi connectivity index (χ3n) is 6.89. The fourth-order valence-corrected chi connectivity index (χ4v) is 5.22. The van der Waals surface area contributed by atoms with Gasteiger partial charge in [-0.3, -0.25) is 14.5 Å². The van der Waals surface area contributed by atoms with E-state index < -0.39 is 29.9 Å². The zero-order valence-corrected chi connectivity index (χ0v) is 17.8. The highest BCUT2D eigenvalue weighted by molar-refractivity contribution is 5.86. The van der Waals surface area contributed by atoms with Gasteiger partial charge < -0.3 is 15.5 Å². The Morgan fingerprint density at radius 2 is 1.94 bits per heavy atom. The maximum absolute atomic E-state index is 13.0. The van der Waals surface area contributed by atoms with Gasteiger partial charge in [0.05, 0.1) is 35.9 Å². The Kier molecular flexibility index (Phi) is 5.90. The van der Waals surface area contributed by atoms with Crippen LogP contribution >= 0.6 is 0 Å². The number of carbonyl (C=O) groups is 2.